The minimum absolute atomic E-state index is 0.0280. The number of para-hydroxylation sites is 1. The van der Waals surface area contributed by atoms with Crippen molar-refractivity contribution in [3.05, 3.63) is 112 Å². The summed E-state index contributed by atoms with van der Waals surface area (Å²) < 4.78 is 41.8. The zero-order valence-electron chi connectivity index (χ0n) is 37.2. The largest absolute Gasteiger partial charge is 0.593 e. The predicted octanol–water partition coefficient (Wildman–Crippen LogP) is 8.67. The molecule has 8 rings (SSSR count). The Labute approximate surface area is 385 Å². The maximum Gasteiger partial charge on any atom is 0.268 e. The molecule has 0 spiro atoms. The molecule has 15 nitrogen and oxygen atoms in total. The van der Waals surface area contributed by atoms with Crippen LogP contribution in [0.2, 0.25) is 5.02 Å². The topological polar surface area (TPSA) is 193 Å². The molecule has 1 aliphatic heterocycles. The third kappa shape index (κ3) is 11.5. The molecule has 2 fully saturated rings. The fourth-order valence-corrected chi connectivity index (χ4v) is 10.3. The number of hydrogen-bond donors (Lipinski definition) is 6. The first-order valence-corrected chi connectivity index (χ1v) is 24.2. The molecule has 1 unspecified atom stereocenters. The number of nitrogens with one attached hydrogen (secondary N) is 5. The van der Waals surface area contributed by atoms with Gasteiger partial charge in [0.15, 0.2) is 11.4 Å². The third-order valence-corrected chi connectivity index (χ3v) is 14.4. The van der Waals surface area contributed by atoms with Gasteiger partial charge in [0, 0.05) is 67.7 Å². The number of quaternary nitrogens is 1. The number of ether oxygens (including phenoxy) is 2. The quantitative estimate of drug-likeness (QED) is 0.0314. The van der Waals surface area contributed by atoms with Crippen molar-refractivity contribution in [1.82, 2.24) is 29.7 Å². The average molecular weight is 928 g/mol. The van der Waals surface area contributed by atoms with Gasteiger partial charge in [-0.2, -0.15) is 4.81 Å². The second kappa shape index (κ2) is 19.8. The number of amides is 1. The van der Waals surface area contributed by atoms with Crippen molar-refractivity contribution in [2.75, 3.05) is 63.6 Å². The van der Waals surface area contributed by atoms with E-state index >= 15 is 0 Å². The Balaban J connectivity index is 0.958. The summed E-state index contributed by atoms with van der Waals surface area (Å²) in [5, 5.41) is 34.8. The van der Waals surface area contributed by atoms with Gasteiger partial charge in [-0.25, -0.2) is 23.3 Å². The number of carbonyl (C=O) groups is 1. The van der Waals surface area contributed by atoms with Crippen molar-refractivity contribution in [3.8, 4) is 11.5 Å². The SMILES string of the molecule is CC1(C)CCC(CNCCNc2ccc(C(=O)NS(=O)(=O)c3ccc(NC4CCC(N5CCOCC5)CC4)c([N+](C)([O-])O)c3)c(Oc3cccc4[nH]cnc34)c2)=C(c2ccc(Cl)cc2)C1. The maximum absolute atomic E-state index is 14.0. The summed E-state index contributed by atoms with van der Waals surface area (Å²) in [6.45, 7) is 9.86. The van der Waals surface area contributed by atoms with Crippen molar-refractivity contribution >= 4 is 61.2 Å². The Morgan fingerprint density at radius 1 is 1.02 bits per heavy atom. The van der Waals surface area contributed by atoms with E-state index in [1.54, 1.807) is 24.3 Å². The van der Waals surface area contributed by atoms with Gasteiger partial charge in [0.2, 0.25) is 0 Å². The number of benzene rings is 4. The number of rotatable bonds is 16. The van der Waals surface area contributed by atoms with E-state index < -0.39 is 20.7 Å². The minimum atomic E-state index is -4.56. The van der Waals surface area contributed by atoms with E-state index in [1.165, 1.54) is 41.2 Å². The van der Waals surface area contributed by atoms with Gasteiger partial charge in [-0.15, -0.1) is 0 Å². The fourth-order valence-electron chi connectivity index (χ4n) is 9.19. The molecule has 4 aromatic carbocycles. The molecule has 1 atom stereocenters. The zero-order valence-corrected chi connectivity index (χ0v) is 38.7. The lowest BCUT2D eigenvalue weighted by Crippen LogP contribution is -2.46. The molecule has 6 N–H and O–H groups in total. The summed E-state index contributed by atoms with van der Waals surface area (Å²) in [5.74, 6) is -0.499. The molecule has 1 saturated heterocycles. The Kier molecular flexibility index (Phi) is 14.2. The molecule has 346 valence electrons. The van der Waals surface area contributed by atoms with Crippen LogP contribution in [0, 0.1) is 10.6 Å². The van der Waals surface area contributed by atoms with Gasteiger partial charge in [-0.1, -0.05) is 49.2 Å². The Morgan fingerprint density at radius 3 is 2.54 bits per heavy atom. The van der Waals surface area contributed by atoms with E-state index in [0.717, 1.165) is 96.4 Å². The van der Waals surface area contributed by atoms with E-state index in [1.807, 2.05) is 18.2 Å². The fraction of sp³-hybridized carbons (Fsp3) is 0.417. The number of imidazole rings is 1. The summed E-state index contributed by atoms with van der Waals surface area (Å²) in [7, 11) is -3.55. The second-order valence-corrected chi connectivity index (χ2v) is 20.3. The lowest BCUT2D eigenvalue weighted by Gasteiger charge is -2.39. The van der Waals surface area contributed by atoms with Crippen LogP contribution < -0.4 is 30.2 Å². The summed E-state index contributed by atoms with van der Waals surface area (Å²) in [6, 6.07) is 22.6. The monoisotopic (exact) mass is 926 g/mol. The van der Waals surface area contributed by atoms with Gasteiger partial charge >= 0.3 is 0 Å². The van der Waals surface area contributed by atoms with Gasteiger partial charge in [-0.05, 0) is 110 Å². The van der Waals surface area contributed by atoms with Gasteiger partial charge < -0.3 is 35.6 Å². The summed E-state index contributed by atoms with van der Waals surface area (Å²) in [6.07, 6.45) is 8.27. The molecule has 5 aromatic rings. The zero-order chi connectivity index (χ0) is 45.8. The molecule has 0 bridgehead atoms. The number of allylic oxidation sites excluding steroid dienone is 1. The first-order valence-electron chi connectivity index (χ1n) is 22.4. The van der Waals surface area contributed by atoms with Crippen molar-refractivity contribution in [3.63, 3.8) is 0 Å². The lowest BCUT2D eigenvalue weighted by atomic mass is 9.72. The van der Waals surface area contributed by atoms with E-state index in [-0.39, 0.29) is 33.4 Å². The third-order valence-electron chi connectivity index (χ3n) is 12.8. The van der Waals surface area contributed by atoms with E-state index in [9.17, 15) is 23.6 Å². The number of aromatic nitrogens is 2. The first-order chi connectivity index (χ1) is 31.1. The molecule has 3 aliphatic rings. The van der Waals surface area contributed by atoms with Gasteiger partial charge in [0.25, 0.3) is 15.9 Å². The molecule has 1 amide bonds. The molecule has 65 heavy (non-hydrogen) atoms. The Morgan fingerprint density at radius 2 is 1.78 bits per heavy atom. The Hall–Kier alpha value is -5.04. The van der Waals surface area contributed by atoms with E-state index in [2.05, 4.69) is 61.5 Å². The summed E-state index contributed by atoms with van der Waals surface area (Å²) in [4.78, 5) is 21.7. The number of aromatic amines is 1. The molecule has 1 aromatic heterocycles. The van der Waals surface area contributed by atoms with Crippen molar-refractivity contribution in [2.24, 2.45) is 5.41 Å². The number of hydroxylamine groups is 2. The standard InChI is InChI=1S/C48H59ClN8O7S/c1-48(2)20-19-33(40(29-48)32-7-9-34(49)10-8-32)30-50-21-22-51-36-13-17-39(45(27-36)64-44-6-4-5-42-46(44)53-31-52-42)47(58)55-65(61,62)38-16-18-41(43(28-38)57(3,59)60)54-35-11-14-37(15-12-35)56-23-25-63-26-24-56/h4-10,13,16-18,27-28,31,35,37,50-51,54,59H,11-12,14-15,19-26,29-30H2,1-3H3,(H,52,53)(H,55,58). The van der Waals surface area contributed by atoms with Crippen LogP contribution in [0.25, 0.3) is 16.6 Å². The maximum atomic E-state index is 14.0. The van der Waals surface area contributed by atoms with Crippen molar-refractivity contribution in [1.29, 1.82) is 0 Å². The van der Waals surface area contributed by atoms with Gasteiger partial charge in [0.05, 0.1) is 41.2 Å². The number of anilines is 2. The van der Waals surface area contributed by atoms with Gasteiger partial charge in [-0.3, -0.25) is 9.69 Å². The number of morpholine rings is 1. The summed E-state index contributed by atoms with van der Waals surface area (Å²) >= 11 is 6.20. The van der Waals surface area contributed by atoms with Crippen molar-refractivity contribution in [2.45, 2.75) is 75.8 Å². The molecule has 2 aliphatic carbocycles. The normalized spacial score (nSPS) is 20.3. The van der Waals surface area contributed by atoms with E-state index in [0.29, 0.717) is 46.8 Å². The number of halogens is 1. The first kappa shape index (κ1) is 46.5. The summed E-state index contributed by atoms with van der Waals surface area (Å²) in [5.41, 5.74) is 6.13. The van der Waals surface area contributed by atoms with Crippen LogP contribution in [0.4, 0.5) is 17.1 Å². The highest BCUT2D eigenvalue weighted by Gasteiger charge is 2.31. The molecule has 17 heteroatoms. The van der Waals surface area contributed by atoms with E-state index in [4.69, 9.17) is 21.1 Å². The number of hydrogen-bond acceptors (Lipinski definition) is 12. The van der Waals surface area contributed by atoms with Gasteiger partial charge in [0.1, 0.15) is 18.3 Å². The number of carbonyl (C=O) groups excluding carboxylic acids is 1. The highest BCUT2D eigenvalue weighted by Crippen LogP contribution is 2.43. The van der Waals surface area contributed by atoms with Crippen molar-refractivity contribution < 1.29 is 27.9 Å². The van der Waals surface area contributed by atoms with Crippen LogP contribution in [-0.2, 0) is 14.8 Å². The smallest absolute Gasteiger partial charge is 0.268 e. The number of fused-ring (bicyclic) bond motifs is 1. The molecule has 0 radical (unpaired) electrons. The molecule has 1 saturated carbocycles. The van der Waals surface area contributed by atoms with Crippen LogP contribution in [0.1, 0.15) is 74.7 Å². The van der Waals surface area contributed by atoms with Crippen LogP contribution in [0.3, 0.4) is 0 Å². The number of nitrogens with zero attached hydrogens (tertiary/aromatic N) is 3. The molecular formula is C48H59ClN8O7S. The van der Waals surface area contributed by atoms with Crippen LogP contribution >= 0.6 is 11.6 Å². The Bertz CT molecular complexity index is 2620. The van der Waals surface area contributed by atoms with Crippen LogP contribution in [0.15, 0.2) is 95.7 Å². The van der Waals surface area contributed by atoms with Crippen LogP contribution in [0.5, 0.6) is 11.5 Å². The highest BCUT2D eigenvalue weighted by atomic mass is 35.5. The number of sulfonamides is 1. The minimum Gasteiger partial charge on any atom is -0.593 e. The second-order valence-electron chi connectivity index (χ2n) is 18.2. The average Bonchev–Trinajstić information content (AvgIpc) is 3.77. The molecular weight excluding hydrogens is 868 g/mol. The molecule has 2 heterocycles. The highest BCUT2D eigenvalue weighted by molar-refractivity contribution is 7.90. The lowest BCUT2D eigenvalue weighted by molar-refractivity contribution is -0.00409. The number of H-pyrrole nitrogens is 1. The van der Waals surface area contributed by atoms with Crippen LogP contribution in [-0.4, -0.2) is 99.5 Å². The predicted molar refractivity (Wildman–Crippen MR) is 256 cm³/mol.